The van der Waals surface area contributed by atoms with Crippen molar-refractivity contribution in [3.8, 4) is 0 Å². The minimum Gasteiger partial charge on any atom is -0.411 e. The normalized spacial score (nSPS) is 22.2. The highest BCUT2D eigenvalue weighted by Gasteiger charge is 2.30. The molecule has 0 unspecified atom stereocenters. The van der Waals surface area contributed by atoms with Crippen LogP contribution in [-0.4, -0.2) is 10.9 Å². The van der Waals surface area contributed by atoms with Crippen LogP contribution in [0.3, 0.4) is 0 Å². The van der Waals surface area contributed by atoms with Crippen molar-refractivity contribution in [2.24, 2.45) is 11.1 Å². The van der Waals surface area contributed by atoms with Crippen molar-refractivity contribution >= 4 is 11.3 Å². The van der Waals surface area contributed by atoms with Crippen LogP contribution in [0, 0.1) is 17.6 Å². The number of oxime groups is 1. The highest BCUT2D eigenvalue weighted by Crippen LogP contribution is 2.42. The lowest BCUT2D eigenvalue weighted by Crippen LogP contribution is -2.02. The Balaban J connectivity index is 2.08. The standard InChI is InChI=1S/C16H17F2NO/c17-13-7-5-11(9-14(13)18)16-12(6-8-15(16)19-20)10-3-1-2-4-10/h5,7,9-10,20H,1-4,6,8H2/b19-15+. The number of allylic oxidation sites excluding steroid dienone is 2. The molecular formula is C16H17F2NO. The van der Waals surface area contributed by atoms with Crippen molar-refractivity contribution in [1.29, 1.82) is 0 Å². The molecule has 2 nitrogen and oxygen atoms in total. The Bertz CT molecular complexity index is 586. The maximum absolute atomic E-state index is 13.5. The Morgan fingerprint density at radius 1 is 1.05 bits per heavy atom. The van der Waals surface area contributed by atoms with E-state index in [1.54, 1.807) is 6.07 Å². The minimum atomic E-state index is -0.857. The van der Waals surface area contributed by atoms with Crippen LogP contribution in [0.2, 0.25) is 0 Å². The summed E-state index contributed by atoms with van der Waals surface area (Å²) in [7, 11) is 0. The molecule has 0 aliphatic heterocycles. The molecule has 0 aromatic heterocycles. The first-order chi connectivity index (χ1) is 9.70. The van der Waals surface area contributed by atoms with Crippen molar-refractivity contribution in [2.45, 2.75) is 38.5 Å². The fraction of sp³-hybridized carbons (Fsp3) is 0.438. The van der Waals surface area contributed by atoms with Gasteiger partial charge in [-0.1, -0.05) is 29.6 Å². The topological polar surface area (TPSA) is 32.6 Å². The first-order valence-electron chi connectivity index (χ1n) is 7.10. The van der Waals surface area contributed by atoms with Gasteiger partial charge in [-0.25, -0.2) is 8.78 Å². The van der Waals surface area contributed by atoms with Gasteiger partial charge < -0.3 is 5.21 Å². The van der Waals surface area contributed by atoms with E-state index in [0.717, 1.165) is 30.9 Å². The molecule has 0 amide bonds. The number of rotatable bonds is 2. The Kier molecular flexibility index (Phi) is 3.55. The van der Waals surface area contributed by atoms with Gasteiger partial charge in [0, 0.05) is 5.57 Å². The zero-order valence-corrected chi connectivity index (χ0v) is 11.2. The molecule has 1 fully saturated rings. The minimum absolute atomic E-state index is 0.498. The predicted octanol–water partition coefficient (Wildman–Crippen LogP) is 4.53. The van der Waals surface area contributed by atoms with Crippen molar-refractivity contribution in [1.82, 2.24) is 0 Å². The lowest BCUT2D eigenvalue weighted by Gasteiger charge is -2.14. The molecule has 2 aliphatic carbocycles. The van der Waals surface area contributed by atoms with Crippen LogP contribution >= 0.6 is 0 Å². The molecule has 0 bridgehead atoms. The second kappa shape index (κ2) is 5.35. The lowest BCUT2D eigenvalue weighted by molar-refractivity contribution is 0.319. The quantitative estimate of drug-likeness (QED) is 0.625. The third kappa shape index (κ3) is 2.23. The van der Waals surface area contributed by atoms with E-state index in [4.69, 9.17) is 5.21 Å². The number of hydrogen-bond acceptors (Lipinski definition) is 2. The average Bonchev–Trinajstić information content (AvgIpc) is 3.09. The summed E-state index contributed by atoms with van der Waals surface area (Å²) in [5, 5.41) is 12.5. The molecule has 1 N–H and O–H groups in total. The van der Waals surface area contributed by atoms with Crippen LogP contribution in [0.1, 0.15) is 44.1 Å². The van der Waals surface area contributed by atoms with Crippen LogP contribution in [0.4, 0.5) is 8.78 Å². The fourth-order valence-corrected chi connectivity index (χ4v) is 3.47. The van der Waals surface area contributed by atoms with Gasteiger partial charge in [0.1, 0.15) is 0 Å². The van der Waals surface area contributed by atoms with E-state index in [1.165, 1.54) is 24.5 Å². The molecule has 20 heavy (non-hydrogen) atoms. The third-order valence-electron chi connectivity index (χ3n) is 4.42. The summed E-state index contributed by atoms with van der Waals surface area (Å²) >= 11 is 0. The first-order valence-corrected chi connectivity index (χ1v) is 7.10. The molecule has 4 heteroatoms. The number of nitrogens with zero attached hydrogens (tertiary/aromatic N) is 1. The molecule has 2 aliphatic rings. The Hall–Kier alpha value is -1.71. The van der Waals surface area contributed by atoms with Crippen molar-refractivity contribution < 1.29 is 14.0 Å². The van der Waals surface area contributed by atoms with Crippen molar-refractivity contribution in [3.63, 3.8) is 0 Å². The van der Waals surface area contributed by atoms with Gasteiger partial charge in [0.25, 0.3) is 0 Å². The summed E-state index contributed by atoms with van der Waals surface area (Å²) in [6.07, 6.45) is 6.24. The first kappa shape index (κ1) is 13.3. The summed E-state index contributed by atoms with van der Waals surface area (Å²) in [6.45, 7) is 0. The summed E-state index contributed by atoms with van der Waals surface area (Å²) in [5.74, 6) is -1.21. The van der Waals surface area contributed by atoms with Crippen LogP contribution in [-0.2, 0) is 0 Å². The van der Waals surface area contributed by atoms with E-state index in [2.05, 4.69) is 5.16 Å². The molecule has 0 saturated heterocycles. The number of halogens is 2. The van der Waals surface area contributed by atoms with Crippen LogP contribution in [0.15, 0.2) is 28.9 Å². The SMILES string of the molecule is O/N=C1\CCC(C2CCCC2)=C1c1ccc(F)c(F)c1. The van der Waals surface area contributed by atoms with Crippen LogP contribution in [0.25, 0.3) is 5.57 Å². The molecule has 3 rings (SSSR count). The lowest BCUT2D eigenvalue weighted by atomic mass is 9.91. The molecular weight excluding hydrogens is 260 g/mol. The van der Waals surface area contributed by atoms with Gasteiger partial charge in [-0.05, 0) is 49.3 Å². The van der Waals surface area contributed by atoms with Crippen LogP contribution < -0.4 is 0 Å². The molecule has 0 atom stereocenters. The molecule has 0 heterocycles. The summed E-state index contributed by atoms with van der Waals surface area (Å²) < 4.78 is 26.6. The van der Waals surface area contributed by atoms with E-state index < -0.39 is 11.6 Å². The van der Waals surface area contributed by atoms with E-state index in [0.29, 0.717) is 23.6 Å². The molecule has 1 saturated carbocycles. The van der Waals surface area contributed by atoms with Crippen molar-refractivity contribution in [3.05, 3.63) is 41.0 Å². The maximum Gasteiger partial charge on any atom is 0.159 e. The van der Waals surface area contributed by atoms with Gasteiger partial charge in [-0.2, -0.15) is 0 Å². The number of benzene rings is 1. The predicted molar refractivity (Wildman–Crippen MR) is 73.7 cm³/mol. The zero-order chi connectivity index (χ0) is 14.1. The number of hydrogen-bond donors (Lipinski definition) is 1. The second-order valence-electron chi connectivity index (χ2n) is 5.56. The Morgan fingerprint density at radius 2 is 1.80 bits per heavy atom. The fourth-order valence-electron chi connectivity index (χ4n) is 3.47. The largest absolute Gasteiger partial charge is 0.411 e. The molecule has 0 radical (unpaired) electrons. The highest BCUT2D eigenvalue weighted by atomic mass is 19.2. The van der Waals surface area contributed by atoms with Gasteiger partial charge in [0.2, 0.25) is 0 Å². The van der Waals surface area contributed by atoms with E-state index in [9.17, 15) is 8.78 Å². The molecule has 106 valence electrons. The van der Waals surface area contributed by atoms with E-state index in [-0.39, 0.29) is 0 Å². The van der Waals surface area contributed by atoms with Gasteiger partial charge in [-0.3, -0.25) is 0 Å². The summed E-state index contributed by atoms with van der Waals surface area (Å²) in [6, 6.07) is 3.91. The van der Waals surface area contributed by atoms with E-state index in [1.807, 2.05) is 0 Å². The molecule has 1 aromatic rings. The smallest absolute Gasteiger partial charge is 0.159 e. The second-order valence-corrected chi connectivity index (χ2v) is 5.56. The summed E-state index contributed by atoms with van der Waals surface area (Å²) in [5.41, 5.74) is 3.30. The van der Waals surface area contributed by atoms with Crippen molar-refractivity contribution in [2.75, 3.05) is 0 Å². The maximum atomic E-state index is 13.5. The summed E-state index contributed by atoms with van der Waals surface area (Å²) in [4.78, 5) is 0. The monoisotopic (exact) mass is 277 g/mol. The average molecular weight is 277 g/mol. The van der Waals surface area contributed by atoms with Crippen LogP contribution in [0.5, 0.6) is 0 Å². The van der Waals surface area contributed by atoms with Gasteiger partial charge >= 0.3 is 0 Å². The molecule has 1 aromatic carbocycles. The van der Waals surface area contributed by atoms with Gasteiger partial charge in [0.15, 0.2) is 11.6 Å². The van der Waals surface area contributed by atoms with E-state index >= 15 is 0 Å². The molecule has 0 spiro atoms. The van der Waals surface area contributed by atoms with Gasteiger partial charge in [-0.15, -0.1) is 0 Å². The van der Waals surface area contributed by atoms with Gasteiger partial charge in [0.05, 0.1) is 5.71 Å². The third-order valence-corrected chi connectivity index (χ3v) is 4.42. The highest BCUT2D eigenvalue weighted by molar-refractivity contribution is 6.26. The Labute approximate surface area is 116 Å². The Morgan fingerprint density at radius 3 is 2.45 bits per heavy atom. The zero-order valence-electron chi connectivity index (χ0n) is 11.2.